The second kappa shape index (κ2) is 7.84. The Balaban J connectivity index is 1.52. The molecule has 0 bridgehead atoms. The van der Waals surface area contributed by atoms with Gasteiger partial charge in [0.05, 0.1) is 0 Å². The van der Waals surface area contributed by atoms with Gasteiger partial charge in [0.25, 0.3) is 0 Å². The Morgan fingerprint density at radius 1 is 1.35 bits per heavy atom. The van der Waals surface area contributed by atoms with Gasteiger partial charge in [0.15, 0.2) is 0 Å². The molecule has 2 fully saturated rings. The zero-order valence-corrected chi connectivity index (χ0v) is 14.0. The molecule has 2 amide bonds. The summed E-state index contributed by atoms with van der Waals surface area (Å²) in [5.41, 5.74) is 1.30. The molecule has 0 spiro atoms. The van der Waals surface area contributed by atoms with E-state index in [2.05, 4.69) is 39.8 Å². The summed E-state index contributed by atoms with van der Waals surface area (Å²) in [6.07, 6.45) is 1.06. The van der Waals surface area contributed by atoms with Crippen molar-refractivity contribution in [1.29, 1.82) is 0 Å². The van der Waals surface area contributed by atoms with Crippen molar-refractivity contribution >= 4 is 23.6 Å². The SMILES string of the molecule is O=C1CC[C@H](C(=O)NC[C@H]2CSCCN2Cc2ccccc2)N1. The van der Waals surface area contributed by atoms with Crippen LogP contribution in [0.4, 0.5) is 0 Å². The first-order chi connectivity index (χ1) is 11.2. The van der Waals surface area contributed by atoms with Crippen molar-refractivity contribution in [3.63, 3.8) is 0 Å². The van der Waals surface area contributed by atoms with E-state index in [1.807, 2.05) is 17.8 Å². The first kappa shape index (κ1) is 16.3. The third-order valence-electron chi connectivity index (χ3n) is 4.40. The van der Waals surface area contributed by atoms with Crippen LogP contribution in [0.1, 0.15) is 18.4 Å². The van der Waals surface area contributed by atoms with Crippen molar-refractivity contribution < 1.29 is 9.59 Å². The minimum atomic E-state index is -0.346. The fourth-order valence-electron chi connectivity index (χ4n) is 3.06. The van der Waals surface area contributed by atoms with Gasteiger partial charge in [-0.25, -0.2) is 0 Å². The summed E-state index contributed by atoms with van der Waals surface area (Å²) in [5.74, 6) is 2.09. The monoisotopic (exact) mass is 333 g/mol. The van der Waals surface area contributed by atoms with Crippen LogP contribution in [-0.4, -0.2) is 53.4 Å². The first-order valence-electron chi connectivity index (χ1n) is 8.15. The highest BCUT2D eigenvalue weighted by molar-refractivity contribution is 7.99. The highest BCUT2D eigenvalue weighted by atomic mass is 32.2. The van der Waals surface area contributed by atoms with E-state index in [-0.39, 0.29) is 17.9 Å². The van der Waals surface area contributed by atoms with E-state index in [0.29, 0.717) is 25.4 Å². The molecular weight excluding hydrogens is 310 g/mol. The maximum atomic E-state index is 12.1. The van der Waals surface area contributed by atoms with Crippen LogP contribution in [0, 0.1) is 0 Å². The predicted molar refractivity (Wildman–Crippen MR) is 92.1 cm³/mol. The lowest BCUT2D eigenvalue weighted by Crippen LogP contribution is -2.51. The van der Waals surface area contributed by atoms with Gasteiger partial charge in [0.1, 0.15) is 6.04 Å². The molecule has 2 saturated heterocycles. The number of carbonyl (C=O) groups is 2. The third kappa shape index (κ3) is 4.48. The predicted octanol–water partition coefficient (Wildman–Crippen LogP) is 0.999. The molecule has 6 heteroatoms. The molecule has 0 unspecified atom stereocenters. The standard InChI is InChI=1S/C17H23N3O2S/c21-16-7-6-15(19-16)17(22)18-10-14-12-23-9-8-20(14)11-13-4-2-1-3-5-13/h1-5,14-15H,6-12H2,(H,18,22)(H,19,21)/t14-,15+/m0/s1. The molecular formula is C17H23N3O2S. The smallest absolute Gasteiger partial charge is 0.242 e. The number of carbonyl (C=O) groups excluding carboxylic acids is 2. The molecule has 2 atom stereocenters. The molecule has 124 valence electrons. The average Bonchev–Trinajstić information content (AvgIpc) is 3.01. The number of rotatable bonds is 5. The van der Waals surface area contributed by atoms with Crippen LogP contribution in [0.2, 0.25) is 0 Å². The number of benzene rings is 1. The van der Waals surface area contributed by atoms with Gasteiger partial charge in [-0.2, -0.15) is 11.8 Å². The number of nitrogens with one attached hydrogen (secondary N) is 2. The molecule has 0 aliphatic carbocycles. The zero-order valence-electron chi connectivity index (χ0n) is 13.2. The van der Waals surface area contributed by atoms with E-state index in [0.717, 1.165) is 24.6 Å². The van der Waals surface area contributed by atoms with Gasteiger partial charge in [-0.1, -0.05) is 30.3 Å². The Morgan fingerprint density at radius 3 is 2.91 bits per heavy atom. The highest BCUT2D eigenvalue weighted by Crippen LogP contribution is 2.19. The Kier molecular flexibility index (Phi) is 5.56. The summed E-state index contributed by atoms with van der Waals surface area (Å²) >= 11 is 1.94. The highest BCUT2D eigenvalue weighted by Gasteiger charge is 2.29. The van der Waals surface area contributed by atoms with Crippen LogP contribution in [0.15, 0.2) is 30.3 Å². The van der Waals surface area contributed by atoms with Crippen molar-refractivity contribution in [3.05, 3.63) is 35.9 Å². The Hall–Kier alpha value is -1.53. The lowest BCUT2D eigenvalue weighted by molar-refractivity contribution is -0.125. The van der Waals surface area contributed by atoms with Crippen LogP contribution >= 0.6 is 11.8 Å². The second-order valence-corrected chi connectivity index (χ2v) is 7.24. The van der Waals surface area contributed by atoms with Gasteiger partial charge in [-0.05, 0) is 12.0 Å². The molecule has 0 radical (unpaired) electrons. The largest absolute Gasteiger partial charge is 0.353 e. The summed E-state index contributed by atoms with van der Waals surface area (Å²) in [4.78, 5) is 25.8. The zero-order chi connectivity index (χ0) is 16.1. The molecule has 23 heavy (non-hydrogen) atoms. The normalized spacial score (nSPS) is 25.1. The van der Waals surface area contributed by atoms with E-state index in [1.54, 1.807) is 0 Å². The molecule has 1 aromatic carbocycles. The molecule has 1 aromatic rings. The quantitative estimate of drug-likeness (QED) is 0.844. The van der Waals surface area contributed by atoms with Crippen LogP contribution in [0.3, 0.4) is 0 Å². The van der Waals surface area contributed by atoms with Gasteiger partial charge in [0.2, 0.25) is 11.8 Å². The molecule has 2 heterocycles. The molecule has 2 aliphatic heterocycles. The molecule has 5 nitrogen and oxygen atoms in total. The second-order valence-electron chi connectivity index (χ2n) is 6.09. The number of hydrogen-bond donors (Lipinski definition) is 2. The third-order valence-corrected chi connectivity index (χ3v) is 5.49. The van der Waals surface area contributed by atoms with Crippen LogP contribution in [0.25, 0.3) is 0 Å². The summed E-state index contributed by atoms with van der Waals surface area (Å²) < 4.78 is 0. The summed E-state index contributed by atoms with van der Waals surface area (Å²) in [6.45, 7) is 2.60. The van der Waals surface area contributed by atoms with E-state index in [1.165, 1.54) is 5.56 Å². The average molecular weight is 333 g/mol. The summed E-state index contributed by atoms with van der Waals surface area (Å²) in [7, 11) is 0. The molecule has 0 saturated carbocycles. The Morgan fingerprint density at radius 2 is 2.17 bits per heavy atom. The number of thioether (sulfide) groups is 1. The minimum Gasteiger partial charge on any atom is -0.353 e. The first-order valence-corrected chi connectivity index (χ1v) is 9.30. The van der Waals surface area contributed by atoms with Crippen molar-refractivity contribution in [2.24, 2.45) is 0 Å². The van der Waals surface area contributed by atoms with Crippen molar-refractivity contribution in [1.82, 2.24) is 15.5 Å². The minimum absolute atomic E-state index is 0.0240. The Bertz CT molecular complexity index is 552. The lowest BCUT2D eigenvalue weighted by Gasteiger charge is -2.35. The summed E-state index contributed by atoms with van der Waals surface area (Å²) in [5, 5.41) is 5.74. The van der Waals surface area contributed by atoms with Gasteiger partial charge in [-0.3, -0.25) is 14.5 Å². The van der Waals surface area contributed by atoms with Crippen molar-refractivity contribution in [3.8, 4) is 0 Å². The maximum Gasteiger partial charge on any atom is 0.242 e. The van der Waals surface area contributed by atoms with E-state index in [4.69, 9.17) is 0 Å². The topological polar surface area (TPSA) is 61.4 Å². The maximum absolute atomic E-state index is 12.1. The summed E-state index contributed by atoms with van der Waals surface area (Å²) in [6, 6.07) is 10.4. The van der Waals surface area contributed by atoms with Gasteiger partial charge in [-0.15, -0.1) is 0 Å². The van der Waals surface area contributed by atoms with E-state index in [9.17, 15) is 9.59 Å². The molecule has 3 rings (SSSR count). The van der Waals surface area contributed by atoms with Gasteiger partial charge in [0, 0.05) is 43.6 Å². The number of nitrogens with zero attached hydrogens (tertiary/aromatic N) is 1. The van der Waals surface area contributed by atoms with E-state index >= 15 is 0 Å². The Labute approximate surface area is 141 Å². The van der Waals surface area contributed by atoms with Gasteiger partial charge >= 0.3 is 0 Å². The van der Waals surface area contributed by atoms with Gasteiger partial charge < -0.3 is 10.6 Å². The van der Waals surface area contributed by atoms with Crippen molar-refractivity contribution in [2.45, 2.75) is 31.5 Å². The van der Waals surface area contributed by atoms with Crippen LogP contribution in [0.5, 0.6) is 0 Å². The van der Waals surface area contributed by atoms with E-state index < -0.39 is 0 Å². The fraction of sp³-hybridized carbons (Fsp3) is 0.529. The molecule has 0 aromatic heterocycles. The molecule has 2 aliphatic rings. The fourth-order valence-corrected chi connectivity index (χ4v) is 4.19. The lowest BCUT2D eigenvalue weighted by atomic mass is 10.1. The molecule has 2 N–H and O–H groups in total. The van der Waals surface area contributed by atoms with Crippen LogP contribution < -0.4 is 10.6 Å². The van der Waals surface area contributed by atoms with Crippen LogP contribution in [-0.2, 0) is 16.1 Å². The van der Waals surface area contributed by atoms with Crippen molar-refractivity contribution in [2.75, 3.05) is 24.6 Å². The number of amides is 2. The number of hydrogen-bond acceptors (Lipinski definition) is 4.